The van der Waals surface area contributed by atoms with E-state index in [1.807, 2.05) is 36.4 Å². The van der Waals surface area contributed by atoms with E-state index in [4.69, 9.17) is 4.74 Å². The van der Waals surface area contributed by atoms with Gasteiger partial charge in [-0.25, -0.2) is 8.42 Å². The van der Waals surface area contributed by atoms with E-state index in [-0.39, 0.29) is 11.8 Å². The van der Waals surface area contributed by atoms with E-state index in [1.54, 1.807) is 17.0 Å². The number of carbonyl (C=O) groups excluding carboxylic acids is 1. The average molecular weight is 429 g/mol. The van der Waals surface area contributed by atoms with Crippen LogP contribution in [0.15, 0.2) is 53.4 Å². The Kier molecular flexibility index (Phi) is 5.84. The van der Waals surface area contributed by atoms with Crippen LogP contribution in [-0.2, 0) is 21.2 Å². The first kappa shape index (κ1) is 20.9. The van der Waals surface area contributed by atoms with Gasteiger partial charge in [0.1, 0.15) is 12.4 Å². The summed E-state index contributed by atoms with van der Waals surface area (Å²) in [6.07, 6.45) is 0.662. The van der Waals surface area contributed by atoms with Crippen molar-refractivity contribution in [1.82, 2.24) is 9.21 Å². The molecule has 1 fully saturated rings. The topological polar surface area (TPSA) is 66.9 Å². The first-order valence-electron chi connectivity index (χ1n) is 10.5. The standard InChI is InChI=1S/C23H28N2O4S/c1-17(2)18-7-9-21(10-8-18)30(27,28)25-13-11-24(12-14-25)23(26)20-15-19-5-3-4-6-22(19)29-16-20/h3-10,17,20H,11-16H2,1-2H3. The monoisotopic (exact) mass is 428 g/mol. The van der Waals surface area contributed by atoms with Crippen molar-refractivity contribution in [1.29, 1.82) is 0 Å². The Morgan fingerprint density at radius 2 is 1.67 bits per heavy atom. The summed E-state index contributed by atoms with van der Waals surface area (Å²) in [5.74, 6) is 1.03. The predicted octanol–water partition coefficient (Wildman–Crippen LogP) is 2.89. The third-order valence-electron chi connectivity index (χ3n) is 5.96. The maximum atomic E-state index is 13.0. The number of amides is 1. The van der Waals surface area contributed by atoms with Crippen LogP contribution in [-0.4, -0.2) is 56.3 Å². The largest absolute Gasteiger partial charge is 0.492 e. The zero-order chi connectivity index (χ0) is 21.3. The third-order valence-corrected chi connectivity index (χ3v) is 7.88. The molecule has 2 aromatic carbocycles. The number of ether oxygens (including phenoxy) is 1. The number of piperazine rings is 1. The molecule has 2 heterocycles. The Morgan fingerprint density at radius 3 is 2.33 bits per heavy atom. The molecule has 1 saturated heterocycles. The normalized spacial score (nSPS) is 20.0. The van der Waals surface area contributed by atoms with Gasteiger partial charge in [-0.2, -0.15) is 4.31 Å². The molecule has 1 unspecified atom stereocenters. The molecule has 0 saturated carbocycles. The van der Waals surface area contributed by atoms with E-state index in [0.29, 0.717) is 50.0 Å². The lowest BCUT2D eigenvalue weighted by Gasteiger charge is -2.36. The van der Waals surface area contributed by atoms with E-state index < -0.39 is 10.0 Å². The van der Waals surface area contributed by atoms with Gasteiger partial charge in [-0.15, -0.1) is 0 Å². The molecule has 0 bridgehead atoms. The Balaban J connectivity index is 1.38. The van der Waals surface area contributed by atoms with Crippen LogP contribution in [0, 0.1) is 5.92 Å². The molecule has 160 valence electrons. The number of benzene rings is 2. The van der Waals surface area contributed by atoms with Crippen molar-refractivity contribution < 1.29 is 17.9 Å². The first-order chi connectivity index (χ1) is 14.4. The Labute approximate surface area is 178 Å². The molecule has 0 radical (unpaired) electrons. The Bertz CT molecular complexity index is 1010. The van der Waals surface area contributed by atoms with E-state index in [2.05, 4.69) is 13.8 Å². The molecule has 0 spiro atoms. The van der Waals surface area contributed by atoms with Gasteiger partial charge < -0.3 is 9.64 Å². The highest BCUT2D eigenvalue weighted by Crippen LogP contribution is 2.28. The minimum atomic E-state index is -3.55. The van der Waals surface area contributed by atoms with Crippen LogP contribution in [0.1, 0.15) is 30.9 Å². The maximum absolute atomic E-state index is 13.0. The number of carbonyl (C=O) groups is 1. The van der Waals surface area contributed by atoms with Gasteiger partial charge >= 0.3 is 0 Å². The smallest absolute Gasteiger partial charge is 0.243 e. The van der Waals surface area contributed by atoms with Gasteiger partial charge in [0.25, 0.3) is 0 Å². The van der Waals surface area contributed by atoms with Gasteiger partial charge in [0.15, 0.2) is 0 Å². The summed E-state index contributed by atoms with van der Waals surface area (Å²) in [4.78, 5) is 15.1. The van der Waals surface area contributed by atoms with E-state index in [1.165, 1.54) is 4.31 Å². The fraction of sp³-hybridized carbons (Fsp3) is 0.435. The van der Waals surface area contributed by atoms with Crippen molar-refractivity contribution in [2.45, 2.75) is 31.1 Å². The van der Waals surface area contributed by atoms with Gasteiger partial charge in [0, 0.05) is 26.2 Å². The van der Waals surface area contributed by atoms with Crippen LogP contribution in [0.25, 0.3) is 0 Å². The van der Waals surface area contributed by atoms with Crippen LogP contribution < -0.4 is 4.74 Å². The Morgan fingerprint density at radius 1 is 1.00 bits per heavy atom. The molecule has 7 heteroatoms. The molecule has 6 nitrogen and oxygen atoms in total. The lowest BCUT2D eigenvalue weighted by Crippen LogP contribution is -2.52. The van der Waals surface area contributed by atoms with Gasteiger partial charge in [0.2, 0.25) is 15.9 Å². The maximum Gasteiger partial charge on any atom is 0.243 e. The summed E-state index contributed by atoms with van der Waals surface area (Å²) in [7, 11) is -3.55. The summed E-state index contributed by atoms with van der Waals surface area (Å²) in [5.41, 5.74) is 2.16. The number of para-hydroxylation sites is 1. The third kappa shape index (κ3) is 4.09. The molecule has 0 aliphatic carbocycles. The number of hydrogen-bond donors (Lipinski definition) is 0. The SMILES string of the molecule is CC(C)c1ccc(S(=O)(=O)N2CCN(C(=O)C3COc4ccccc4C3)CC2)cc1. The van der Waals surface area contributed by atoms with Crippen molar-refractivity contribution in [2.24, 2.45) is 5.92 Å². The van der Waals surface area contributed by atoms with Gasteiger partial charge in [0.05, 0.1) is 10.8 Å². The van der Waals surface area contributed by atoms with Crippen molar-refractivity contribution in [3.05, 3.63) is 59.7 Å². The quantitative estimate of drug-likeness (QED) is 0.751. The minimum Gasteiger partial charge on any atom is -0.492 e. The summed E-state index contributed by atoms with van der Waals surface area (Å²) < 4.78 is 33.2. The van der Waals surface area contributed by atoms with Crippen LogP contribution in [0.4, 0.5) is 0 Å². The lowest BCUT2D eigenvalue weighted by atomic mass is 9.95. The van der Waals surface area contributed by atoms with Crippen LogP contribution in [0.2, 0.25) is 0 Å². The van der Waals surface area contributed by atoms with Gasteiger partial charge in [-0.3, -0.25) is 4.79 Å². The molecule has 0 N–H and O–H groups in total. The first-order valence-corrected chi connectivity index (χ1v) is 11.9. The fourth-order valence-electron chi connectivity index (χ4n) is 4.07. The molecule has 2 aliphatic heterocycles. The zero-order valence-electron chi connectivity index (χ0n) is 17.5. The number of nitrogens with zero attached hydrogens (tertiary/aromatic N) is 2. The number of hydrogen-bond acceptors (Lipinski definition) is 4. The van der Waals surface area contributed by atoms with E-state index >= 15 is 0 Å². The Hall–Kier alpha value is -2.38. The van der Waals surface area contributed by atoms with Crippen LogP contribution in [0.3, 0.4) is 0 Å². The zero-order valence-corrected chi connectivity index (χ0v) is 18.3. The molecule has 1 atom stereocenters. The van der Waals surface area contributed by atoms with Crippen molar-refractivity contribution >= 4 is 15.9 Å². The molecule has 4 rings (SSSR count). The summed E-state index contributed by atoms with van der Waals surface area (Å²) in [6, 6.07) is 14.9. The number of fused-ring (bicyclic) bond motifs is 1. The minimum absolute atomic E-state index is 0.0443. The van der Waals surface area contributed by atoms with Crippen LogP contribution in [0.5, 0.6) is 5.75 Å². The van der Waals surface area contributed by atoms with Crippen molar-refractivity contribution in [3.63, 3.8) is 0 Å². The second kappa shape index (κ2) is 8.40. The summed E-state index contributed by atoms with van der Waals surface area (Å²) >= 11 is 0. The molecular formula is C23H28N2O4S. The highest BCUT2D eigenvalue weighted by Gasteiger charge is 2.34. The molecule has 0 aromatic heterocycles. The van der Waals surface area contributed by atoms with Gasteiger partial charge in [-0.05, 0) is 41.7 Å². The highest BCUT2D eigenvalue weighted by molar-refractivity contribution is 7.89. The van der Waals surface area contributed by atoms with E-state index in [0.717, 1.165) is 16.9 Å². The summed E-state index contributed by atoms with van der Waals surface area (Å²) in [6.45, 7) is 5.96. The van der Waals surface area contributed by atoms with E-state index in [9.17, 15) is 13.2 Å². The molecule has 2 aromatic rings. The highest BCUT2D eigenvalue weighted by atomic mass is 32.2. The lowest BCUT2D eigenvalue weighted by molar-refractivity contribution is -0.138. The molecular weight excluding hydrogens is 400 g/mol. The van der Waals surface area contributed by atoms with Crippen molar-refractivity contribution in [3.8, 4) is 5.75 Å². The second-order valence-electron chi connectivity index (χ2n) is 8.27. The second-order valence-corrected chi connectivity index (χ2v) is 10.2. The molecule has 30 heavy (non-hydrogen) atoms. The summed E-state index contributed by atoms with van der Waals surface area (Å²) in [5, 5.41) is 0. The van der Waals surface area contributed by atoms with Gasteiger partial charge in [-0.1, -0.05) is 44.2 Å². The predicted molar refractivity (Wildman–Crippen MR) is 115 cm³/mol. The average Bonchev–Trinajstić information content (AvgIpc) is 2.78. The fourth-order valence-corrected chi connectivity index (χ4v) is 5.49. The molecule has 1 amide bonds. The van der Waals surface area contributed by atoms with Crippen molar-refractivity contribution in [2.75, 3.05) is 32.8 Å². The number of sulfonamides is 1. The van der Waals surface area contributed by atoms with Crippen LogP contribution >= 0.6 is 0 Å². The number of rotatable bonds is 4. The molecule has 2 aliphatic rings.